The maximum atomic E-state index is 12.3. The molecule has 1 fully saturated rings. The van der Waals surface area contributed by atoms with Crippen LogP contribution < -0.4 is 4.74 Å². The predicted molar refractivity (Wildman–Crippen MR) is 82.8 cm³/mol. The molecule has 120 valence electrons. The van der Waals surface area contributed by atoms with Crippen LogP contribution in [0.4, 0.5) is 4.79 Å². The monoisotopic (exact) mass is 305 g/mol. The average Bonchev–Trinajstić information content (AvgIpc) is 2.89. The molecule has 22 heavy (non-hydrogen) atoms. The number of aryl methyl sites for hydroxylation is 1. The second-order valence-corrected chi connectivity index (χ2v) is 6.57. The summed E-state index contributed by atoms with van der Waals surface area (Å²) in [7, 11) is 0. The number of likely N-dealkylation sites (tertiary alicyclic amines) is 1. The second kappa shape index (κ2) is 6.38. The zero-order valence-electron chi connectivity index (χ0n) is 13.6. The highest BCUT2D eigenvalue weighted by molar-refractivity contribution is 5.83. The fourth-order valence-corrected chi connectivity index (χ4v) is 2.34. The molecule has 2 rings (SSSR count). The van der Waals surface area contributed by atoms with Crippen LogP contribution >= 0.6 is 0 Å². The van der Waals surface area contributed by atoms with E-state index in [1.807, 2.05) is 19.1 Å². The Morgan fingerprint density at radius 1 is 1.18 bits per heavy atom. The maximum absolute atomic E-state index is 12.3. The van der Waals surface area contributed by atoms with Crippen molar-refractivity contribution in [3.8, 4) is 5.75 Å². The van der Waals surface area contributed by atoms with E-state index >= 15 is 0 Å². The van der Waals surface area contributed by atoms with E-state index in [0.717, 1.165) is 12.0 Å². The highest BCUT2D eigenvalue weighted by Crippen LogP contribution is 2.23. The Kier molecular flexibility index (Phi) is 4.74. The molecule has 1 amide bonds. The molecule has 5 heteroatoms. The average molecular weight is 305 g/mol. The van der Waals surface area contributed by atoms with Crippen LogP contribution in [0.2, 0.25) is 0 Å². The Morgan fingerprint density at radius 2 is 1.82 bits per heavy atom. The van der Waals surface area contributed by atoms with E-state index < -0.39 is 23.7 Å². The molecule has 1 saturated heterocycles. The number of carbonyl (C=O) groups excluding carboxylic acids is 2. The van der Waals surface area contributed by atoms with E-state index in [1.165, 1.54) is 4.90 Å². The molecular weight excluding hydrogens is 282 g/mol. The Labute approximate surface area is 131 Å². The first kappa shape index (κ1) is 16.3. The molecule has 0 N–H and O–H groups in total. The summed E-state index contributed by atoms with van der Waals surface area (Å²) in [5.74, 6) is 0.0823. The van der Waals surface area contributed by atoms with Crippen molar-refractivity contribution in [2.75, 3.05) is 6.54 Å². The van der Waals surface area contributed by atoms with Crippen LogP contribution in [0.1, 0.15) is 39.2 Å². The van der Waals surface area contributed by atoms with Gasteiger partial charge in [0.05, 0.1) is 0 Å². The number of carbonyl (C=O) groups is 2. The molecule has 5 nitrogen and oxygen atoms in total. The quantitative estimate of drug-likeness (QED) is 0.621. The van der Waals surface area contributed by atoms with Crippen molar-refractivity contribution in [3.05, 3.63) is 29.8 Å². The first-order valence-corrected chi connectivity index (χ1v) is 7.54. The molecule has 0 bridgehead atoms. The lowest BCUT2D eigenvalue weighted by atomic mass is 10.2. The van der Waals surface area contributed by atoms with Crippen molar-refractivity contribution in [3.63, 3.8) is 0 Å². The zero-order chi connectivity index (χ0) is 16.3. The standard InChI is InChI=1S/C17H23NO4/c1-12-7-9-13(10-8-12)21-15(19)14-6-5-11-18(14)16(20)22-17(2,3)4/h7-10,14H,5-6,11H2,1-4H3. The van der Waals surface area contributed by atoms with Crippen LogP contribution in [-0.2, 0) is 9.53 Å². The van der Waals surface area contributed by atoms with E-state index in [4.69, 9.17) is 9.47 Å². The fraction of sp³-hybridized carbons (Fsp3) is 0.529. The van der Waals surface area contributed by atoms with Gasteiger partial charge in [-0.1, -0.05) is 17.7 Å². The molecule has 1 aliphatic rings. The van der Waals surface area contributed by atoms with Crippen LogP contribution in [0.25, 0.3) is 0 Å². The van der Waals surface area contributed by atoms with Gasteiger partial charge < -0.3 is 9.47 Å². The third-order valence-corrected chi connectivity index (χ3v) is 3.39. The Hall–Kier alpha value is -2.04. The third kappa shape index (κ3) is 4.23. The van der Waals surface area contributed by atoms with Crippen molar-refractivity contribution in [1.29, 1.82) is 0 Å². The van der Waals surface area contributed by atoms with E-state index in [1.54, 1.807) is 32.9 Å². The summed E-state index contributed by atoms with van der Waals surface area (Å²) in [6.07, 6.45) is 0.910. The molecular formula is C17H23NO4. The number of nitrogens with zero attached hydrogens (tertiary/aromatic N) is 1. The maximum Gasteiger partial charge on any atom is 0.411 e. The van der Waals surface area contributed by atoms with E-state index in [-0.39, 0.29) is 0 Å². The summed E-state index contributed by atoms with van der Waals surface area (Å²) < 4.78 is 10.7. The van der Waals surface area contributed by atoms with Gasteiger partial charge in [0.25, 0.3) is 0 Å². The molecule has 1 aromatic carbocycles. The van der Waals surface area contributed by atoms with Crippen molar-refractivity contribution in [2.24, 2.45) is 0 Å². The summed E-state index contributed by atoms with van der Waals surface area (Å²) in [4.78, 5) is 25.9. The van der Waals surface area contributed by atoms with Gasteiger partial charge in [-0.15, -0.1) is 0 Å². The van der Waals surface area contributed by atoms with Gasteiger partial charge in [0.2, 0.25) is 0 Å². The van der Waals surface area contributed by atoms with Crippen LogP contribution in [0, 0.1) is 6.92 Å². The van der Waals surface area contributed by atoms with Gasteiger partial charge in [-0.25, -0.2) is 9.59 Å². The van der Waals surface area contributed by atoms with Gasteiger partial charge in [-0.05, 0) is 52.7 Å². The highest BCUT2D eigenvalue weighted by atomic mass is 16.6. The first-order chi connectivity index (χ1) is 10.3. The SMILES string of the molecule is Cc1ccc(OC(=O)C2CCCN2C(=O)OC(C)(C)C)cc1. The van der Waals surface area contributed by atoms with Crippen molar-refractivity contribution < 1.29 is 19.1 Å². The number of amides is 1. The minimum absolute atomic E-state index is 0.410. The Bertz CT molecular complexity index is 545. The minimum Gasteiger partial charge on any atom is -0.444 e. The van der Waals surface area contributed by atoms with Crippen LogP contribution in [-0.4, -0.2) is 35.2 Å². The molecule has 0 saturated carbocycles. The van der Waals surface area contributed by atoms with Gasteiger partial charge in [-0.3, -0.25) is 4.90 Å². The minimum atomic E-state index is -0.578. The number of benzene rings is 1. The first-order valence-electron chi connectivity index (χ1n) is 7.54. The van der Waals surface area contributed by atoms with Crippen LogP contribution in [0.15, 0.2) is 24.3 Å². The molecule has 1 aromatic rings. The molecule has 0 spiro atoms. The summed E-state index contributed by atoms with van der Waals surface area (Å²) in [6, 6.07) is 6.68. The highest BCUT2D eigenvalue weighted by Gasteiger charge is 2.37. The van der Waals surface area contributed by atoms with E-state index in [0.29, 0.717) is 18.7 Å². The van der Waals surface area contributed by atoms with Gasteiger partial charge in [-0.2, -0.15) is 0 Å². The molecule has 1 heterocycles. The van der Waals surface area contributed by atoms with Crippen molar-refractivity contribution in [2.45, 2.75) is 52.2 Å². The molecule has 0 radical (unpaired) electrons. The number of esters is 1. The van der Waals surface area contributed by atoms with Gasteiger partial charge in [0.1, 0.15) is 17.4 Å². The predicted octanol–water partition coefficient (Wildman–Crippen LogP) is 3.30. The summed E-state index contributed by atoms with van der Waals surface area (Å²) in [6.45, 7) is 7.90. The van der Waals surface area contributed by atoms with E-state index in [9.17, 15) is 9.59 Å². The van der Waals surface area contributed by atoms with Gasteiger partial charge in [0, 0.05) is 6.54 Å². The molecule has 0 aliphatic carbocycles. The molecule has 0 aromatic heterocycles. The zero-order valence-corrected chi connectivity index (χ0v) is 13.6. The van der Waals surface area contributed by atoms with Gasteiger partial charge >= 0.3 is 12.1 Å². The van der Waals surface area contributed by atoms with Crippen molar-refractivity contribution in [1.82, 2.24) is 4.90 Å². The third-order valence-electron chi connectivity index (χ3n) is 3.39. The summed E-state index contributed by atoms with van der Waals surface area (Å²) in [5.41, 5.74) is 0.515. The lowest BCUT2D eigenvalue weighted by molar-refractivity contribution is -0.139. The number of ether oxygens (including phenoxy) is 2. The molecule has 1 unspecified atom stereocenters. The van der Waals surface area contributed by atoms with Crippen LogP contribution in [0.5, 0.6) is 5.75 Å². The number of hydrogen-bond acceptors (Lipinski definition) is 4. The number of rotatable bonds is 2. The Morgan fingerprint density at radius 3 is 2.41 bits per heavy atom. The molecule has 1 atom stereocenters. The smallest absolute Gasteiger partial charge is 0.411 e. The van der Waals surface area contributed by atoms with E-state index in [2.05, 4.69) is 0 Å². The largest absolute Gasteiger partial charge is 0.444 e. The van der Waals surface area contributed by atoms with Gasteiger partial charge in [0.15, 0.2) is 0 Å². The normalized spacial score (nSPS) is 18.2. The topological polar surface area (TPSA) is 55.8 Å². The number of hydrogen-bond donors (Lipinski definition) is 0. The van der Waals surface area contributed by atoms with Crippen LogP contribution in [0.3, 0.4) is 0 Å². The van der Waals surface area contributed by atoms with Crippen molar-refractivity contribution >= 4 is 12.1 Å². The summed E-state index contributed by atoms with van der Waals surface area (Å²) >= 11 is 0. The lowest BCUT2D eigenvalue weighted by Gasteiger charge is -2.27. The molecule has 1 aliphatic heterocycles. The second-order valence-electron chi connectivity index (χ2n) is 6.57. The summed E-state index contributed by atoms with van der Waals surface area (Å²) in [5, 5.41) is 0. The lowest BCUT2D eigenvalue weighted by Crippen LogP contribution is -2.44. The fourth-order valence-electron chi connectivity index (χ4n) is 2.34. The Balaban J connectivity index is 2.01.